The number of Topliss-reactive ketones (excluding diaryl/α,β-unsaturated/α-hetero) is 2. The molecule has 4 rings (SSSR count). The molecule has 0 radical (unpaired) electrons. The van der Waals surface area contributed by atoms with E-state index in [9.17, 15) is 9.59 Å². The van der Waals surface area contributed by atoms with E-state index in [1.807, 2.05) is 75.4 Å². The molecule has 184 valence electrons. The summed E-state index contributed by atoms with van der Waals surface area (Å²) in [6.07, 6.45) is 3.65. The number of anilines is 2. The number of nitrogens with one attached hydrogen (secondary N) is 1. The first-order chi connectivity index (χ1) is 17.4. The molecule has 0 amide bonds. The van der Waals surface area contributed by atoms with Gasteiger partial charge in [-0.05, 0) is 59.4 Å². The van der Waals surface area contributed by atoms with Crippen molar-refractivity contribution < 1.29 is 14.0 Å². The van der Waals surface area contributed by atoms with Crippen LogP contribution in [0.5, 0.6) is 0 Å². The Morgan fingerprint density at radius 1 is 0.972 bits per heavy atom. The molecule has 0 aliphatic heterocycles. The standard InChI is InChI=1S/C31H31FN2O2/c1-4-9-24(35)16-20(3)25-14-12-22(18-28(25)32)21-13-15-29-26(17-21)31(27(19-33-29)30(36)5-2)34-23-10-7-6-8-11-23/h6-8,10-15,17-20H,4-5,9,16H2,1-3H3,(H,33,34). The summed E-state index contributed by atoms with van der Waals surface area (Å²) in [6, 6.07) is 20.6. The van der Waals surface area contributed by atoms with E-state index in [2.05, 4.69) is 10.3 Å². The number of carbonyl (C=O) groups is 2. The lowest BCUT2D eigenvalue weighted by Crippen LogP contribution is -2.06. The zero-order valence-electron chi connectivity index (χ0n) is 21.0. The van der Waals surface area contributed by atoms with Crippen molar-refractivity contribution in [3.8, 4) is 11.1 Å². The van der Waals surface area contributed by atoms with E-state index in [0.29, 0.717) is 36.1 Å². The van der Waals surface area contributed by atoms with Gasteiger partial charge in [-0.2, -0.15) is 0 Å². The lowest BCUT2D eigenvalue weighted by molar-refractivity contribution is -0.119. The minimum absolute atomic E-state index is 0.00441. The van der Waals surface area contributed by atoms with Crippen LogP contribution in [0.2, 0.25) is 0 Å². The van der Waals surface area contributed by atoms with Crippen molar-refractivity contribution in [2.75, 3.05) is 5.32 Å². The molecule has 4 nitrogen and oxygen atoms in total. The van der Waals surface area contributed by atoms with Crippen LogP contribution in [0.3, 0.4) is 0 Å². The largest absolute Gasteiger partial charge is 0.354 e. The Bertz CT molecular complexity index is 1400. The van der Waals surface area contributed by atoms with Crippen molar-refractivity contribution in [2.24, 2.45) is 0 Å². The van der Waals surface area contributed by atoms with Gasteiger partial charge in [0.1, 0.15) is 11.6 Å². The summed E-state index contributed by atoms with van der Waals surface area (Å²) in [7, 11) is 0. The third kappa shape index (κ3) is 5.51. The number of pyridine rings is 1. The highest BCUT2D eigenvalue weighted by molar-refractivity contribution is 6.09. The van der Waals surface area contributed by atoms with Crippen LogP contribution in [-0.2, 0) is 4.79 Å². The highest BCUT2D eigenvalue weighted by Crippen LogP contribution is 2.34. The average Bonchev–Trinajstić information content (AvgIpc) is 2.88. The number of ketones is 2. The second-order valence-electron chi connectivity index (χ2n) is 9.18. The molecule has 0 saturated carbocycles. The first-order valence-corrected chi connectivity index (χ1v) is 12.5. The van der Waals surface area contributed by atoms with E-state index in [1.165, 1.54) is 6.07 Å². The van der Waals surface area contributed by atoms with Crippen LogP contribution in [0.15, 0.2) is 72.9 Å². The van der Waals surface area contributed by atoms with Crippen LogP contribution in [0.1, 0.15) is 68.3 Å². The van der Waals surface area contributed by atoms with Gasteiger partial charge in [-0.15, -0.1) is 0 Å². The molecule has 36 heavy (non-hydrogen) atoms. The third-order valence-electron chi connectivity index (χ3n) is 6.46. The van der Waals surface area contributed by atoms with Crippen molar-refractivity contribution in [3.05, 3.63) is 89.9 Å². The lowest BCUT2D eigenvalue weighted by atomic mass is 9.92. The summed E-state index contributed by atoms with van der Waals surface area (Å²) in [5, 5.41) is 4.20. The maximum Gasteiger partial charge on any atom is 0.166 e. The molecular weight excluding hydrogens is 451 g/mol. The normalized spacial score (nSPS) is 11.9. The van der Waals surface area contributed by atoms with E-state index >= 15 is 4.39 Å². The quantitative estimate of drug-likeness (QED) is 0.231. The molecule has 1 N–H and O–H groups in total. The van der Waals surface area contributed by atoms with Crippen molar-refractivity contribution >= 4 is 33.8 Å². The van der Waals surface area contributed by atoms with Gasteiger partial charge in [0.2, 0.25) is 0 Å². The first-order valence-electron chi connectivity index (χ1n) is 12.5. The number of para-hydroxylation sites is 1. The number of halogens is 1. The summed E-state index contributed by atoms with van der Waals surface area (Å²) >= 11 is 0. The fourth-order valence-electron chi connectivity index (χ4n) is 4.51. The number of nitrogens with zero attached hydrogens (tertiary/aromatic N) is 1. The van der Waals surface area contributed by atoms with Crippen molar-refractivity contribution in [1.82, 2.24) is 4.98 Å². The van der Waals surface area contributed by atoms with Gasteiger partial charge in [-0.1, -0.05) is 57.2 Å². The van der Waals surface area contributed by atoms with Gasteiger partial charge in [0.15, 0.2) is 5.78 Å². The van der Waals surface area contributed by atoms with Gasteiger partial charge in [-0.25, -0.2) is 4.39 Å². The molecule has 5 heteroatoms. The highest BCUT2D eigenvalue weighted by atomic mass is 19.1. The molecule has 1 unspecified atom stereocenters. The summed E-state index contributed by atoms with van der Waals surface area (Å²) in [5.74, 6) is -0.343. The van der Waals surface area contributed by atoms with Crippen molar-refractivity contribution in [1.29, 1.82) is 0 Å². The summed E-state index contributed by atoms with van der Waals surface area (Å²) in [4.78, 5) is 29.3. The van der Waals surface area contributed by atoms with E-state index in [-0.39, 0.29) is 23.3 Å². The summed E-state index contributed by atoms with van der Waals surface area (Å²) in [5.41, 5.74) is 4.92. The molecule has 1 heterocycles. The molecular formula is C31H31FN2O2. The van der Waals surface area contributed by atoms with Crippen molar-refractivity contribution in [2.45, 2.75) is 52.4 Å². The molecule has 0 spiro atoms. The summed E-state index contributed by atoms with van der Waals surface area (Å²) < 4.78 is 15.1. The number of carbonyl (C=O) groups excluding carboxylic acids is 2. The van der Waals surface area contributed by atoms with E-state index in [0.717, 1.165) is 34.1 Å². The molecule has 0 aliphatic carbocycles. The van der Waals surface area contributed by atoms with Gasteiger partial charge in [0.25, 0.3) is 0 Å². The molecule has 1 aromatic heterocycles. The Balaban J connectivity index is 1.75. The van der Waals surface area contributed by atoms with Crippen LogP contribution in [0, 0.1) is 5.82 Å². The zero-order chi connectivity index (χ0) is 25.7. The maximum atomic E-state index is 15.1. The van der Waals surface area contributed by atoms with Crippen LogP contribution in [0.25, 0.3) is 22.0 Å². The van der Waals surface area contributed by atoms with E-state index in [4.69, 9.17) is 0 Å². The predicted octanol–water partition coefficient (Wildman–Crippen LogP) is 8.24. The number of hydrogen-bond acceptors (Lipinski definition) is 4. The predicted molar refractivity (Wildman–Crippen MR) is 144 cm³/mol. The lowest BCUT2D eigenvalue weighted by Gasteiger charge is -2.16. The molecule has 4 aromatic rings. The smallest absolute Gasteiger partial charge is 0.166 e. The Morgan fingerprint density at radius 2 is 1.69 bits per heavy atom. The number of fused-ring (bicyclic) bond motifs is 1. The van der Waals surface area contributed by atoms with Gasteiger partial charge in [-0.3, -0.25) is 14.6 Å². The van der Waals surface area contributed by atoms with Gasteiger partial charge < -0.3 is 5.32 Å². The second-order valence-corrected chi connectivity index (χ2v) is 9.18. The third-order valence-corrected chi connectivity index (χ3v) is 6.46. The van der Waals surface area contributed by atoms with Gasteiger partial charge in [0, 0.05) is 36.5 Å². The average molecular weight is 483 g/mol. The zero-order valence-corrected chi connectivity index (χ0v) is 21.0. The highest BCUT2D eigenvalue weighted by Gasteiger charge is 2.18. The van der Waals surface area contributed by atoms with E-state index < -0.39 is 0 Å². The molecule has 0 fully saturated rings. The second kappa shape index (κ2) is 11.3. The monoisotopic (exact) mass is 482 g/mol. The van der Waals surface area contributed by atoms with Crippen LogP contribution >= 0.6 is 0 Å². The SMILES string of the molecule is CCCC(=O)CC(C)c1ccc(-c2ccc3ncc(C(=O)CC)c(Nc4ccccc4)c3c2)cc1F. The molecule has 0 aliphatic rings. The van der Waals surface area contributed by atoms with Crippen LogP contribution < -0.4 is 5.32 Å². The Labute approximate surface area is 211 Å². The molecule has 0 bridgehead atoms. The fraction of sp³-hybridized carbons (Fsp3) is 0.258. The minimum Gasteiger partial charge on any atom is -0.354 e. The molecule has 3 aromatic carbocycles. The number of benzene rings is 3. The first kappa shape index (κ1) is 25.2. The van der Waals surface area contributed by atoms with Crippen LogP contribution in [0.4, 0.5) is 15.8 Å². The van der Waals surface area contributed by atoms with Crippen molar-refractivity contribution in [3.63, 3.8) is 0 Å². The molecule has 0 saturated heterocycles. The Hall–Kier alpha value is -3.86. The number of rotatable bonds is 10. The topological polar surface area (TPSA) is 59.1 Å². The Kier molecular flexibility index (Phi) is 7.89. The number of aromatic nitrogens is 1. The molecule has 1 atom stereocenters. The van der Waals surface area contributed by atoms with Gasteiger partial charge in [0.05, 0.1) is 16.8 Å². The number of hydrogen-bond donors (Lipinski definition) is 1. The minimum atomic E-state index is -0.319. The fourth-order valence-corrected chi connectivity index (χ4v) is 4.51. The maximum absolute atomic E-state index is 15.1. The Morgan fingerprint density at radius 3 is 2.39 bits per heavy atom. The van der Waals surface area contributed by atoms with Crippen LogP contribution in [-0.4, -0.2) is 16.6 Å². The summed E-state index contributed by atoms with van der Waals surface area (Å²) in [6.45, 7) is 5.69. The van der Waals surface area contributed by atoms with E-state index in [1.54, 1.807) is 12.3 Å². The van der Waals surface area contributed by atoms with Gasteiger partial charge >= 0.3 is 0 Å².